The number of benzene rings is 4. The topological polar surface area (TPSA) is 93.8 Å². The van der Waals surface area contributed by atoms with Crippen molar-refractivity contribution in [2.24, 2.45) is 5.92 Å². The van der Waals surface area contributed by atoms with Crippen LogP contribution in [0.4, 0.5) is 4.79 Å². The van der Waals surface area contributed by atoms with Crippen LogP contribution in [-0.2, 0) is 11.3 Å². The molecule has 8 nitrogen and oxygen atoms in total. The largest absolute Gasteiger partial charge is 0.508 e. The number of aromatic hydroxyl groups is 1. The molecule has 9 heteroatoms. The van der Waals surface area contributed by atoms with Gasteiger partial charge in [0.1, 0.15) is 11.4 Å². The van der Waals surface area contributed by atoms with E-state index in [-0.39, 0.29) is 24.1 Å². The quantitative estimate of drug-likeness (QED) is 0.207. The highest BCUT2D eigenvalue weighted by Gasteiger charge is 2.34. The molecule has 1 fully saturated rings. The van der Waals surface area contributed by atoms with Gasteiger partial charge in [0.25, 0.3) is 0 Å². The minimum Gasteiger partial charge on any atom is -0.508 e. The van der Waals surface area contributed by atoms with E-state index in [9.17, 15) is 19.5 Å². The number of aromatic nitrogens is 2. The van der Waals surface area contributed by atoms with Crippen LogP contribution in [-0.4, -0.2) is 43.9 Å². The Morgan fingerprint density at radius 1 is 0.933 bits per heavy atom. The fourth-order valence-corrected chi connectivity index (χ4v) is 6.38. The smallest absolute Gasteiger partial charge is 0.410 e. The SMILES string of the molecule is CC(C)c1ccccc1-n1c(=O)c(=O)n(CC2CN(C(=O)OC(C)(C)C)C2)c2cc(Cl)c(-c3cc(O)cc4ccccc34)cc21. The number of hydrogen-bond acceptors (Lipinski definition) is 5. The zero-order chi connectivity index (χ0) is 32.2. The van der Waals surface area contributed by atoms with Gasteiger partial charge in [-0.25, -0.2) is 4.79 Å². The highest BCUT2D eigenvalue weighted by molar-refractivity contribution is 6.34. The van der Waals surface area contributed by atoms with E-state index in [1.165, 1.54) is 9.13 Å². The van der Waals surface area contributed by atoms with Crippen molar-refractivity contribution in [1.29, 1.82) is 0 Å². The molecule has 0 atom stereocenters. The summed E-state index contributed by atoms with van der Waals surface area (Å²) in [6.45, 7) is 10.6. The number of carbonyl (C=O) groups is 1. The highest BCUT2D eigenvalue weighted by Crippen LogP contribution is 2.39. The van der Waals surface area contributed by atoms with Crippen molar-refractivity contribution in [1.82, 2.24) is 14.0 Å². The summed E-state index contributed by atoms with van der Waals surface area (Å²) < 4.78 is 8.46. The molecule has 0 aliphatic carbocycles. The molecule has 0 unspecified atom stereocenters. The fourth-order valence-electron chi connectivity index (χ4n) is 6.12. The monoisotopic (exact) mass is 625 g/mol. The van der Waals surface area contributed by atoms with Gasteiger partial charge in [0.15, 0.2) is 0 Å². The number of likely N-dealkylation sites (tertiary alicyclic amines) is 1. The number of hydrogen-bond donors (Lipinski definition) is 1. The summed E-state index contributed by atoms with van der Waals surface area (Å²) in [5.74, 6) is 0.123. The molecule has 45 heavy (non-hydrogen) atoms. The van der Waals surface area contributed by atoms with Crippen molar-refractivity contribution in [3.8, 4) is 22.6 Å². The molecule has 1 aliphatic rings. The Morgan fingerprint density at radius 2 is 1.62 bits per heavy atom. The van der Waals surface area contributed by atoms with Crippen molar-refractivity contribution in [2.45, 2.75) is 52.7 Å². The van der Waals surface area contributed by atoms with Crippen molar-refractivity contribution in [2.75, 3.05) is 13.1 Å². The zero-order valence-electron chi connectivity index (χ0n) is 26.0. The number of carbonyl (C=O) groups excluding carboxylic acids is 1. The first-order chi connectivity index (χ1) is 21.3. The van der Waals surface area contributed by atoms with Gasteiger partial charge in [-0.15, -0.1) is 0 Å². The van der Waals surface area contributed by atoms with Crippen molar-refractivity contribution in [3.05, 3.63) is 104 Å². The fraction of sp³-hybridized carbons (Fsp3) is 0.306. The molecule has 1 saturated heterocycles. The Kier molecular flexibility index (Phi) is 7.73. The van der Waals surface area contributed by atoms with Crippen molar-refractivity contribution < 1.29 is 14.6 Å². The summed E-state index contributed by atoms with van der Waals surface area (Å²) >= 11 is 6.99. The number of para-hydroxylation sites is 1. The molecule has 0 bridgehead atoms. The lowest BCUT2D eigenvalue weighted by Crippen LogP contribution is -2.54. The van der Waals surface area contributed by atoms with Crippen LogP contribution in [0.3, 0.4) is 0 Å². The Balaban J connectivity index is 1.55. The molecule has 1 amide bonds. The van der Waals surface area contributed by atoms with Crippen LogP contribution in [0.25, 0.3) is 38.6 Å². The third-order valence-corrected chi connectivity index (χ3v) is 8.53. The van der Waals surface area contributed by atoms with Gasteiger partial charge >= 0.3 is 17.2 Å². The van der Waals surface area contributed by atoms with E-state index in [4.69, 9.17) is 16.3 Å². The number of fused-ring (bicyclic) bond motifs is 2. The van der Waals surface area contributed by atoms with E-state index in [1.54, 1.807) is 23.1 Å². The molecular weight excluding hydrogens is 590 g/mol. The number of phenols is 1. The van der Waals surface area contributed by atoms with Crippen LogP contribution in [0.1, 0.15) is 46.1 Å². The number of halogens is 1. The van der Waals surface area contributed by atoms with Gasteiger partial charge < -0.3 is 19.3 Å². The maximum Gasteiger partial charge on any atom is 0.410 e. The molecule has 232 valence electrons. The molecule has 1 aliphatic heterocycles. The summed E-state index contributed by atoms with van der Waals surface area (Å²) in [5.41, 5.74) is 1.95. The van der Waals surface area contributed by atoms with E-state index >= 15 is 0 Å². The van der Waals surface area contributed by atoms with Gasteiger partial charge in [0.2, 0.25) is 0 Å². The van der Waals surface area contributed by atoms with Gasteiger partial charge in [0, 0.05) is 31.1 Å². The lowest BCUT2D eigenvalue weighted by Gasteiger charge is -2.40. The number of nitrogens with zero attached hydrogens (tertiary/aromatic N) is 3. The first-order valence-corrected chi connectivity index (χ1v) is 15.5. The average molecular weight is 626 g/mol. The second kappa shape index (κ2) is 11.4. The molecule has 0 spiro atoms. The van der Waals surface area contributed by atoms with Crippen LogP contribution in [0.5, 0.6) is 5.75 Å². The van der Waals surface area contributed by atoms with Gasteiger partial charge in [-0.1, -0.05) is 67.9 Å². The van der Waals surface area contributed by atoms with E-state index in [2.05, 4.69) is 0 Å². The molecule has 6 rings (SSSR count). The van der Waals surface area contributed by atoms with E-state index in [0.29, 0.717) is 46.0 Å². The highest BCUT2D eigenvalue weighted by atomic mass is 35.5. The minimum atomic E-state index is -0.673. The average Bonchev–Trinajstić information content (AvgIpc) is 2.95. The van der Waals surface area contributed by atoms with Gasteiger partial charge in [0.05, 0.1) is 21.7 Å². The molecule has 2 heterocycles. The maximum atomic E-state index is 14.1. The second-order valence-corrected chi connectivity index (χ2v) is 13.5. The first-order valence-electron chi connectivity index (χ1n) is 15.1. The number of amides is 1. The number of phenolic OH excluding ortho intramolecular Hbond substituents is 1. The molecular formula is C36H36ClN3O5. The normalized spacial score (nSPS) is 13.9. The molecule has 4 aromatic carbocycles. The summed E-state index contributed by atoms with van der Waals surface area (Å²) in [7, 11) is 0. The molecule has 0 radical (unpaired) electrons. The van der Waals surface area contributed by atoms with Crippen LogP contribution in [0.2, 0.25) is 5.02 Å². The first kappa shape index (κ1) is 30.5. The molecule has 1 aromatic heterocycles. The van der Waals surface area contributed by atoms with Crippen molar-refractivity contribution >= 4 is 39.5 Å². The van der Waals surface area contributed by atoms with Crippen LogP contribution < -0.4 is 11.1 Å². The summed E-state index contributed by atoms with van der Waals surface area (Å²) in [4.78, 5) is 42.1. The predicted octanol–water partition coefficient (Wildman–Crippen LogP) is 7.32. The maximum absolute atomic E-state index is 14.1. The van der Waals surface area contributed by atoms with Gasteiger partial charge in [-0.3, -0.25) is 14.2 Å². The van der Waals surface area contributed by atoms with E-state index < -0.39 is 22.8 Å². The standard InChI is InChI=1S/C36H36ClN3O5/c1-21(2)25-11-8-9-13-30(25)40-32-16-28(27-15-24(41)14-23-10-6-7-12-26(23)27)29(37)17-31(32)39(33(42)34(40)43)20-22-18-38(19-22)35(44)45-36(3,4)5/h6-17,21-22,41H,18-20H2,1-5H3. The van der Waals surface area contributed by atoms with Gasteiger partial charge in [-0.05, 0) is 78.9 Å². The third-order valence-electron chi connectivity index (χ3n) is 8.21. The second-order valence-electron chi connectivity index (χ2n) is 13.1. The summed E-state index contributed by atoms with van der Waals surface area (Å²) in [6, 6.07) is 22.2. The third kappa shape index (κ3) is 5.71. The summed E-state index contributed by atoms with van der Waals surface area (Å²) in [6.07, 6.45) is -0.400. The summed E-state index contributed by atoms with van der Waals surface area (Å²) in [5, 5.41) is 12.7. The van der Waals surface area contributed by atoms with Crippen LogP contribution in [0, 0.1) is 5.92 Å². The van der Waals surface area contributed by atoms with E-state index in [1.807, 2.05) is 89.2 Å². The zero-order valence-corrected chi connectivity index (χ0v) is 26.8. The number of rotatable bonds is 5. The lowest BCUT2D eigenvalue weighted by atomic mass is 9.96. The number of ether oxygens (including phenoxy) is 1. The molecule has 5 aromatic rings. The van der Waals surface area contributed by atoms with Crippen LogP contribution >= 0.6 is 11.6 Å². The van der Waals surface area contributed by atoms with Crippen molar-refractivity contribution in [3.63, 3.8) is 0 Å². The molecule has 1 N–H and O–H groups in total. The lowest BCUT2D eigenvalue weighted by molar-refractivity contribution is -0.00331. The Labute approximate surface area is 266 Å². The Hall–Kier alpha value is -4.56. The van der Waals surface area contributed by atoms with E-state index in [0.717, 1.165) is 16.3 Å². The predicted molar refractivity (Wildman–Crippen MR) is 179 cm³/mol. The van der Waals surface area contributed by atoms with Gasteiger partial charge in [-0.2, -0.15) is 0 Å². The minimum absolute atomic E-state index is 0.0508. The Morgan fingerprint density at radius 3 is 2.33 bits per heavy atom. The molecule has 0 saturated carbocycles. The van der Waals surface area contributed by atoms with Crippen LogP contribution in [0.15, 0.2) is 82.4 Å². The Bertz CT molecular complexity index is 2080.